The molecule has 1 N–H and O–H groups in total. The highest BCUT2D eigenvalue weighted by Gasteiger charge is 2.57. The Hall–Kier alpha value is -2.21. The number of aromatic nitrogens is 2. The SMILES string of the molecule is CCC(=O)NC1CC2CN(Cc3ccccc3)CC2(c2nc(C)no2)C1. The molecule has 138 valence electrons. The van der Waals surface area contributed by atoms with Gasteiger partial charge in [-0.05, 0) is 31.2 Å². The first-order chi connectivity index (χ1) is 12.6. The van der Waals surface area contributed by atoms with Crippen LogP contribution in [0.25, 0.3) is 0 Å². The molecule has 1 aliphatic heterocycles. The third-order valence-corrected chi connectivity index (χ3v) is 5.83. The minimum Gasteiger partial charge on any atom is -0.353 e. The van der Waals surface area contributed by atoms with Crippen molar-refractivity contribution < 1.29 is 9.32 Å². The minimum absolute atomic E-state index is 0.118. The molecule has 2 aliphatic rings. The Kier molecular flexibility index (Phi) is 4.53. The van der Waals surface area contributed by atoms with E-state index in [0.717, 1.165) is 38.4 Å². The molecule has 2 aromatic rings. The molecule has 2 fully saturated rings. The van der Waals surface area contributed by atoms with Crippen LogP contribution in [0, 0.1) is 12.8 Å². The molecule has 0 radical (unpaired) electrons. The number of carbonyl (C=O) groups is 1. The molecule has 1 aliphatic carbocycles. The lowest BCUT2D eigenvalue weighted by molar-refractivity contribution is -0.121. The number of aryl methyl sites for hydroxylation is 1. The van der Waals surface area contributed by atoms with E-state index in [0.29, 0.717) is 18.2 Å². The lowest BCUT2D eigenvalue weighted by Crippen LogP contribution is -2.37. The van der Waals surface area contributed by atoms with Crippen LogP contribution in [-0.2, 0) is 16.8 Å². The Balaban J connectivity index is 1.55. The maximum absolute atomic E-state index is 11.9. The van der Waals surface area contributed by atoms with Gasteiger partial charge in [-0.3, -0.25) is 9.69 Å². The van der Waals surface area contributed by atoms with E-state index in [1.807, 2.05) is 19.9 Å². The van der Waals surface area contributed by atoms with Gasteiger partial charge >= 0.3 is 0 Å². The van der Waals surface area contributed by atoms with Gasteiger partial charge in [0.25, 0.3) is 0 Å². The molecule has 1 saturated heterocycles. The predicted octanol–water partition coefficient (Wildman–Crippen LogP) is 2.44. The minimum atomic E-state index is -0.151. The van der Waals surface area contributed by atoms with Gasteiger partial charge in [0.15, 0.2) is 5.82 Å². The van der Waals surface area contributed by atoms with E-state index in [-0.39, 0.29) is 17.4 Å². The zero-order chi connectivity index (χ0) is 18.1. The Labute approximate surface area is 154 Å². The van der Waals surface area contributed by atoms with Crippen LogP contribution in [0.15, 0.2) is 34.9 Å². The second-order valence-corrected chi connectivity index (χ2v) is 7.71. The number of carbonyl (C=O) groups excluding carboxylic acids is 1. The summed E-state index contributed by atoms with van der Waals surface area (Å²) in [5.41, 5.74) is 1.17. The molecule has 6 heteroatoms. The molecule has 4 rings (SSSR count). The Morgan fingerprint density at radius 1 is 1.38 bits per heavy atom. The van der Waals surface area contributed by atoms with Crippen molar-refractivity contribution in [2.24, 2.45) is 5.92 Å². The number of hydrogen-bond donors (Lipinski definition) is 1. The maximum atomic E-state index is 11.9. The molecule has 3 unspecified atom stereocenters. The van der Waals surface area contributed by atoms with E-state index in [2.05, 4.69) is 44.6 Å². The van der Waals surface area contributed by atoms with Crippen LogP contribution in [0.3, 0.4) is 0 Å². The molecule has 1 amide bonds. The van der Waals surface area contributed by atoms with Crippen LogP contribution in [0.1, 0.15) is 43.5 Å². The number of nitrogens with one attached hydrogen (secondary N) is 1. The number of hydrogen-bond acceptors (Lipinski definition) is 5. The molecule has 0 bridgehead atoms. The number of likely N-dealkylation sites (tertiary alicyclic amines) is 1. The van der Waals surface area contributed by atoms with E-state index in [1.165, 1.54) is 5.56 Å². The van der Waals surface area contributed by atoms with E-state index >= 15 is 0 Å². The van der Waals surface area contributed by atoms with Gasteiger partial charge in [0, 0.05) is 32.1 Å². The van der Waals surface area contributed by atoms with Crippen LogP contribution in [-0.4, -0.2) is 40.1 Å². The van der Waals surface area contributed by atoms with Crippen molar-refractivity contribution in [3.8, 4) is 0 Å². The number of amides is 1. The summed E-state index contributed by atoms with van der Waals surface area (Å²) in [4.78, 5) is 18.9. The van der Waals surface area contributed by atoms with Crippen molar-refractivity contribution in [3.05, 3.63) is 47.6 Å². The summed E-state index contributed by atoms with van der Waals surface area (Å²) in [6, 6.07) is 10.7. The Morgan fingerprint density at radius 3 is 2.88 bits per heavy atom. The lowest BCUT2D eigenvalue weighted by atomic mass is 9.80. The van der Waals surface area contributed by atoms with Gasteiger partial charge in [0.2, 0.25) is 11.8 Å². The zero-order valence-corrected chi connectivity index (χ0v) is 15.4. The average molecular weight is 354 g/mol. The smallest absolute Gasteiger partial charge is 0.234 e. The number of rotatable bonds is 5. The maximum Gasteiger partial charge on any atom is 0.234 e. The van der Waals surface area contributed by atoms with Gasteiger partial charge < -0.3 is 9.84 Å². The van der Waals surface area contributed by atoms with Crippen LogP contribution in [0.4, 0.5) is 0 Å². The highest BCUT2D eigenvalue weighted by molar-refractivity contribution is 5.75. The topological polar surface area (TPSA) is 71.3 Å². The van der Waals surface area contributed by atoms with Crippen molar-refractivity contribution in [2.75, 3.05) is 13.1 Å². The molecular formula is C20H26N4O2. The molecular weight excluding hydrogens is 328 g/mol. The molecule has 26 heavy (non-hydrogen) atoms. The third-order valence-electron chi connectivity index (χ3n) is 5.83. The van der Waals surface area contributed by atoms with Gasteiger partial charge in [-0.15, -0.1) is 0 Å². The Bertz CT molecular complexity index is 775. The summed E-state index contributed by atoms with van der Waals surface area (Å²) >= 11 is 0. The fraction of sp³-hybridized carbons (Fsp3) is 0.550. The molecule has 2 heterocycles. The van der Waals surface area contributed by atoms with Crippen molar-refractivity contribution >= 4 is 5.91 Å². The van der Waals surface area contributed by atoms with Gasteiger partial charge in [-0.1, -0.05) is 42.4 Å². The summed E-state index contributed by atoms with van der Waals surface area (Å²) < 4.78 is 5.63. The van der Waals surface area contributed by atoms with E-state index in [9.17, 15) is 4.79 Å². The monoisotopic (exact) mass is 354 g/mol. The zero-order valence-electron chi connectivity index (χ0n) is 15.4. The van der Waals surface area contributed by atoms with Crippen LogP contribution in [0.2, 0.25) is 0 Å². The van der Waals surface area contributed by atoms with Crippen molar-refractivity contribution in [2.45, 2.75) is 51.1 Å². The summed E-state index contributed by atoms with van der Waals surface area (Å²) in [6.07, 6.45) is 2.36. The summed E-state index contributed by atoms with van der Waals surface area (Å²) in [7, 11) is 0. The van der Waals surface area contributed by atoms with Crippen molar-refractivity contribution in [1.29, 1.82) is 0 Å². The normalized spacial score (nSPS) is 28.2. The molecule has 3 atom stereocenters. The molecule has 1 saturated carbocycles. The first-order valence-electron chi connectivity index (χ1n) is 9.45. The van der Waals surface area contributed by atoms with Gasteiger partial charge in [-0.25, -0.2) is 0 Å². The standard InChI is InChI=1S/C20H26N4O2/c1-3-18(25)22-17-9-16-12-24(11-15-7-5-4-6-8-15)13-20(16,10-17)19-21-14(2)23-26-19/h4-8,16-17H,3,9-13H2,1-2H3,(H,22,25). The summed E-state index contributed by atoms with van der Waals surface area (Å²) in [5.74, 6) is 1.96. The van der Waals surface area contributed by atoms with E-state index in [4.69, 9.17) is 4.52 Å². The molecule has 6 nitrogen and oxygen atoms in total. The largest absolute Gasteiger partial charge is 0.353 e. The van der Waals surface area contributed by atoms with E-state index < -0.39 is 0 Å². The average Bonchev–Trinajstić information content (AvgIpc) is 3.28. The Morgan fingerprint density at radius 2 is 2.19 bits per heavy atom. The molecule has 1 aromatic carbocycles. The summed E-state index contributed by atoms with van der Waals surface area (Å²) in [6.45, 7) is 6.57. The van der Waals surface area contributed by atoms with Crippen LogP contribution < -0.4 is 5.32 Å². The van der Waals surface area contributed by atoms with Crippen LogP contribution in [0.5, 0.6) is 0 Å². The van der Waals surface area contributed by atoms with Gasteiger partial charge in [-0.2, -0.15) is 4.98 Å². The molecule has 1 aromatic heterocycles. The van der Waals surface area contributed by atoms with Crippen molar-refractivity contribution in [1.82, 2.24) is 20.4 Å². The molecule has 0 spiro atoms. The second-order valence-electron chi connectivity index (χ2n) is 7.71. The first-order valence-corrected chi connectivity index (χ1v) is 9.45. The first kappa shape index (κ1) is 17.2. The quantitative estimate of drug-likeness (QED) is 0.893. The highest BCUT2D eigenvalue weighted by atomic mass is 16.5. The lowest BCUT2D eigenvalue weighted by Gasteiger charge is -2.25. The summed E-state index contributed by atoms with van der Waals surface area (Å²) in [5, 5.41) is 7.21. The fourth-order valence-corrected chi connectivity index (χ4v) is 4.71. The van der Waals surface area contributed by atoms with Crippen molar-refractivity contribution in [3.63, 3.8) is 0 Å². The van der Waals surface area contributed by atoms with Gasteiger partial charge in [0.1, 0.15) is 0 Å². The second kappa shape index (κ2) is 6.83. The van der Waals surface area contributed by atoms with Gasteiger partial charge in [0.05, 0.1) is 5.41 Å². The van der Waals surface area contributed by atoms with E-state index in [1.54, 1.807) is 0 Å². The fourth-order valence-electron chi connectivity index (χ4n) is 4.71. The highest BCUT2D eigenvalue weighted by Crippen LogP contribution is 2.50. The predicted molar refractivity (Wildman–Crippen MR) is 97.4 cm³/mol. The van der Waals surface area contributed by atoms with Crippen LogP contribution >= 0.6 is 0 Å². The number of benzene rings is 1. The number of fused-ring (bicyclic) bond motifs is 1. The third kappa shape index (κ3) is 3.14. The number of nitrogens with zero attached hydrogens (tertiary/aromatic N) is 3.